The maximum atomic E-state index is 12.2. The van der Waals surface area contributed by atoms with Crippen LogP contribution in [0.1, 0.15) is 20.4 Å². The van der Waals surface area contributed by atoms with Crippen molar-refractivity contribution in [2.24, 2.45) is 0 Å². The summed E-state index contributed by atoms with van der Waals surface area (Å²) in [5.74, 6) is 0.0757. The lowest BCUT2D eigenvalue weighted by Crippen LogP contribution is -2.27. The molecule has 0 aliphatic rings. The third-order valence-corrected chi connectivity index (χ3v) is 4.58. The van der Waals surface area contributed by atoms with E-state index in [1.807, 2.05) is 6.07 Å². The highest BCUT2D eigenvalue weighted by Gasteiger charge is 2.13. The summed E-state index contributed by atoms with van der Waals surface area (Å²) in [5, 5.41) is 14.0. The topological polar surface area (TPSA) is 115 Å². The first kappa shape index (κ1) is 20.4. The highest BCUT2D eigenvalue weighted by molar-refractivity contribution is 7.13. The van der Waals surface area contributed by atoms with Crippen LogP contribution in [0.15, 0.2) is 48.8 Å². The molecule has 0 saturated heterocycles. The number of pyridine rings is 1. The molecule has 0 radical (unpaired) electrons. The fraction of sp³-hybridized carbons (Fsp3) is 0.211. The zero-order chi connectivity index (χ0) is 20.5. The molecule has 150 valence electrons. The van der Waals surface area contributed by atoms with E-state index in [9.17, 15) is 9.59 Å². The highest BCUT2D eigenvalue weighted by atomic mass is 32.1. The standard InChI is InChI=1S/C19H19N5O4S/c1-27-15-6-4-14(5-7-15)22-18(26)19-24-23-17(29-19)12-28-11-16(25)21-10-13-3-2-8-20-9-13/h2-9H,10-12H2,1H3,(H,21,25)(H,22,26). The van der Waals surface area contributed by atoms with Crippen molar-refractivity contribution >= 4 is 28.8 Å². The van der Waals surface area contributed by atoms with Crippen molar-refractivity contribution in [3.63, 3.8) is 0 Å². The molecule has 3 aromatic rings. The molecule has 29 heavy (non-hydrogen) atoms. The molecule has 9 nitrogen and oxygen atoms in total. The highest BCUT2D eigenvalue weighted by Crippen LogP contribution is 2.17. The van der Waals surface area contributed by atoms with Gasteiger partial charge in [0.1, 0.15) is 24.0 Å². The number of carbonyl (C=O) groups excluding carboxylic acids is 2. The van der Waals surface area contributed by atoms with Gasteiger partial charge in [-0.3, -0.25) is 14.6 Å². The number of aromatic nitrogens is 3. The largest absolute Gasteiger partial charge is 0.497 e. The van der Waals surface area contributed by atoms with Crippen LogP contribution in [0.3, 0.4) is 0 Å². The van der Waals surface area contributed by atoms with Crippen LogP contribution in [0.4, 0.5) is 5.69 Å². The maximum absolute atomic E-state index is 12.2. The van der Waals surface area contributed by atoms with Crippen molar-refractivity contribution in [1.82, 2.24) is 20.5 Å². The van der Waals surface area contributed by atoms with Gasteiger partial charge >= 0.3 is 0 Å². The number of benzene rings is 1. The normalized spacial score (nSPS) is 10.4. The summed E-state index contributed by atoms with van der Waals surface area (Å²) < 4.78 is 10.4. The second kappa shape index (κ2) is 10.2. The Kier molecular flexibility index (Phi) is 7.20. The van der Waals surface area contributed by atoms with Crippen LogP contribution in [0, 0.1) is 0 Å². The number of hydrogen-bond acceptors (Lipinski definition) is 8. The van der Waals surface area contributed by atoms with Crippen molar-refractivity contribution in [1.29, 1.82) is 0 Å². The molecular formula is C19H19N5O4S. The van der Waals surface area contributed by atoms with Crippen LogP contribution in [0.25, 0.3) is 0 Å². The van der Waals surface area contributed by atoms with E-state index in [1.54, 1.807) is 49.8 Å². The van der Waals surface area contributed by atoms with Gasteiger partial charge in [0.2, 0.25) is 10.9 Å². The third kappa shape index (κ3) is 6.33. The Morgan fingerprint density at radius 1 is 1.14 bits per heavy atom. The summed E-state index contributed by atoms with van der Waals surface area (Å²) in [6, 6.07) is 10.6. The lowest BCUT2D eigenvalue weighted by atomic mass is 10.3. The molecule has 3 rings (SSSR count). The number of nitrogens with one attached hydrogen (secondary N) is 2. The van der Waals surface area contributed by atoms with E-state index in [2.05, 4.69) is 25.8 Å². The Balaban J connectivity index is 1.41. The summed E-state index contributed by atoms with van der Waals surface area (Å²) in [4.78, 5) is 28.0. The molecule has 10 heteroatoms. The first-order valence-electron chi connectivity index (χ1n) is 8.65. The predicted octanol–water partition coefficient (Wildman–Crippen LogP) is 2.03. The summed E-state index contributed by atoms with van der Waals surface area (Å²) in [7, 11) is 1.57. The van der Waals surface area contributed by atoms with Gasteiger partial charge in [-0.25, -0.2) is 0 Å². The van der Waals surface area contributed by atoms with E-state index in [0.717, 1.165) is 16.9 Å². The molecule has 0 bridgehead atoms. The first-order valence-corrected chi connectivity index (χ1v) is 9.47. The summed E-state index contributed by atoms with van der Waals surface area (Å²) in [6.07, 6.45) is 3.35. The number of carbonyl (C=O) groups is 2. The van der Waals surface area contributed by atoms with E-state index < -0.39 is 0 Å². The molecule has 2 heterocycles. The van der Waals surface area contributed by atoms with Crippen LogP contribution in [0.5, 0.6) is 5.75 Å². The molecule has 2 aromatic heterocycles. The summed E-state index contributed by atoms with van der Waals surface area (Å²) in [5.41, 5.74) is 1.52. The average molecular weight is 413 g/mol. The summed E-state index contributed by atoms with van der Waals surface area (Å²) >= 11 is 1.11. The van der Waals surface area contributed by atoms with Gasteiger partial charge in [0.25, 0.3) is 5.91 Å². The lowest BCUT2D eigenvalue weighted by Gasteiger charge is -2.05. The van der Waals surface area contributed by atoms with Crippen LogP contribution in [0.2, 0.25) is 0 Å². The smallest absolute Gasteiger partial charge is 0.286 e. The Morgan fingerprint density at radius 2 is 1.97 bits per heavy atom. The van der Waals surface area contributed by atoms with Crippen molar-refractivity contribution in [2.45, 2.75) is 13.2 Å². The number of methoxy groups -OCH3 is 1. The number of anilines is 1. The fourth-order valence-electron chi connectivity index (χ4n) is 2.25. The third-order valence-electron chi connectivity index (χ3n) is 3.68. The Labute approximate surface area is 171 Å². The predicted molar refractivity (Wildman–Crippen MR) is 107 cm³/mol. The monoisotopic (exact) mass is 413 g/mol. The second-order valence-electron chi connectivity index (χ2n) is 5.81. The fourth-order valence-corrected chi connectivity index (χ4v) is 2.92. The second-order valence-corrected chi connectivity index (χ2v) is 6.88. The van der Waals surface area contributed by atoms with Gasteiger partial charge in [-0.15, -0.1) is 10.2 Å². The Morgan fingerprint density at radius 3 is 2.69 bits per heavy atom. The van der Waals surface area contributed by atoms with E-state index in [4.69, 9.17) is 9.47 Å². The van der Waals surface area contributed by atoms with Gasteiger partial charge < -0.3 is 20.1 Å². The van der Waals surface area contributed by atoms with Gasteiger partial charge in [0.15, 0.2) is 0 Å². The number of nitrogens with zero attached hydrogens (tertiary/aromatic N) is 3. The molecule has 1 aromatic carbocycles. The molecule has 0 atom stereocenters. The molecule has 0 fully saturated rings. The molecule has 0 spiro atoms. The van der Waals surface area contributed by atoms with Crippen LogP contribution >= 0.6 is 11.3 Å². The quantitative estimate of drug-likeness (QED) is 0.551. The van der Waals surface area contributed by atoms with Crippen molar-refractivity contribution in [2.75, 3.05) is 19.0 Å². The molecule has 0 aliphatic heterocycles. The number of amides is 2. The van der Waals surface area contributed by atoms with Crippen molar-refractivity contribution < 1.29 is 19.1 Å². The lowest BCUT2D eigenvalue weighted by molar-refractivity contribution is -0.126. The van der Waals surface area contributed by atoms with Gasteiger partial charge in [-0.1, -0.05) is 17.4 Å². The molecule has 0 saturated carbocycles. The minimum atomic E-state index is -0.367. The van der Waals surface area contributed by atoms with Crippen LogP contribution < -0.4 is 15.4 Å². The van der Waals surface area contributed by atoms with Crippen molar-refractivity contribution in [3.8, 4) is 5.75 Å². The van der Waals surface area contributed by atoms with E-state index in [1.165, 1.54) is 0 Å². The van der Waals surface area contributed by atoms with E-state index in [0.29, 0.717) is 23.0 Å². The first-order chi connectivity index (χ1) is 14.1. The number of hydrogen-bond donors (Lipinski definition) is 2. The maximum Gasteiger partial charge on any atom is 0.286 e. The average Bonchev–Trinajstić information content (AvgIpc) is 3.23. The van der Waals surface area contributed by atoms with Gasteiger partial charge in [0, 0.05) is 24.6 Å². The Hall–Kier alpha value is -3.37. The van der Waals surface area contributed by atoms with Crippen LogP contribution in [-0.2, 0) is 22.7 Å². The van der Waals surface area contributed by atoms with Crippen molar-refractivity contribution in [3.05, 3.63) is 64.4 Å². The Bertz CT molecular complexity index is 947. The molecule has 2 N–H and O–H groups in total. The van der Waals surface area contributed by atoms with Crippen LogP contribution in [-0.4, -0.2) is 40.7 Å². The number of ether oxygens (including phenoxy) is 2. The molecular weight excluding hydrogens is 394 g/mol. The molecule has 0 unspecified atom stereocenters. The zero-order valence-electron chi connectivity index (χ0n) is 15.6. The minimum Gasteiger partial charge on any atom is -0.497 e. The van der Waals surface area contributed by atoms with E-state index >= 15 is 0 Å². The number of rotatable bonds is 9. The summed E-state index contributed by atoms with van der Waals surface area (Å²) in [6.45, 7) is 0.353. The molecule has 2 amide bonds. The zero-order valence-corrected chi connectivity index (χ0v) is 16.4. The molecule has 0 aliphatic carbocycles. The van der Waals surface area contributed by atoms with Gasteiger partial charge in [-0.05, 0) is 35.9 Å². The van der Waals surface area contributed by atoms with Gasteiger partial charge in [0.05, 0.1) is 7.11 Å². The minimum absolute atomic E-state index is 0.0911. The van der Waals surface area contributed by atoms with Gasteiger partial charge in [-0.2, -0.15) is 0 Å². The SMILES string of the molecule is COc1ccc(NC(=O)c2nnc(COCC(=O)NCc3cccnc3)s2)cc1. The van der Waals surface area contributed by atoms with E-state index in [-0.39, 0.29) is 30.0 Å².